The number of hydrazine groups is 1. The molecule has 0 aromatic heterocycles. The van der Waals surface area contributed by atoms with Gasteiger partial charge in [0.1, 0.15) is 5.75 Å². The molecular formula is C16H23N3O3. The van der Waals surface area contributed by atoms with E-state index in [0.29, 0.717) is 18.8 Å². The summed E-state index contributed by atoms with van der Waals surface area (Å²) in [6, 6.07) is 5.84. The summed E-state index contributed by atoms with van der Waals surface area (Å²) in [7, 11) is 0. The number of likely N-dealkylation sites (tertiary alicyclic amines) is 1. The summed E-state index contributed by atoms with van der Waals surface area (Å²) in [5, 5.41) is 0. The Balaban J connectivity index is 1.90. The fraction of sp³-hybridized carbons (Fsp3) is 0.500. The van der Waals surface area contributed by atoms with Crippen molar-refractivity contribution in [1.29, 1.82) is 0 Å². The van der Waals surface area contributed by atoms with Gasteiger partial charge in [-0.2, -0.15) is 0 Å². The molecule has 1 aliphatic heterocycles. The third-order valence-electron chi connectivity index (χ3n) is 3.97. The molecule has 1 aromatic carbocycles. The first kappa shape index (κ1) is 16.3. The van der Waals surface area contributed by atoms with E-state index in [4.69, 9.17) is 10.6 Å². The molecule has 6 nitrogen and oxygen atoms in total. The molecule has 1 unspecified atom stereocenters. The van der Waals surface area contributed by atoms with Crippen molar-refractivity contribution < 1.29 is 14.3 Å². The maximum Gasteiger partial charge on any atom is 0.260 e. The number of aryl methyl sites for hydroxylation is 2. The van der Waals surface area contributed by atoms with Crippen LogP contribution in [0.1, 0.15) is 24.0 Å². The molecule has 2 amide bonds. The van der Waals surface area contributed by atoms with Crippen LogP contribution in [-0.2, 0) is 9.59 Å². The largest absolute Gasteiger partial charge is 0.484 e. The van der Waals surface area contributed by atoms with E-state index in [1.165, 1.54) is 0 Å². The first-order valence-corrected chi connectivity index (χ1v) is 7.49. The van der Waals surface area contributed by atoms with Crippen LogP contribution in [-0.4, -0.2) is 36.4 Å². The van der Waals surface area contributed by atoms with E-state index in [1.807, 2.05) is 32.0 Å². The Bertz CT molecular complexity index is 560. The van der Waals surface area contributed by atoms with Gasteiger partial charge < -0.3 is 9.64 Å². The third-order valence-corrected chi connectivity index (χ3v) is 3.97. The van der Waals surface area contributed by atoms with Crippen molar-refractivity contribution in [1.82, 2.24) is 10.3 Å². The van der Waals surface area contributed by atoms with Crippen LogP contribution in [0.3, 0.4) is 0 Å². The maximum atomic E-state index is 12.2. The minimum Gasteiger partial charge on any atom is -0.484 e. The summed E-state index contributed by atoms with van der Waals surface area (Å²) < 4.78 is 5.61. The molecule has 22 heavy (non-hydrogen) atoms. The van der Waals surface area contributed by atoms with Gasteiger partial charge in [0.25, 0.3) is 5.91 Å². The molecule has 3 N–H and O–H groups in total. The van der Waals surface area contributed by atoms with Crippen molar-refractivity contribution in [2.24, 2.45) is 11.8 Å². The summed E-state index contributed by atoms with van der Waals surface area (Å²) in [6.45, 7) is 5.01. The van der Waals surface area contributed by atoms with Crippen LogP contribution in [0, 0.1) is 19.8 Å². The number of nitrogens with one attached hydrogen (secondary N) is 1. The minimum absolute atomic E-state index is 0.0130. The van der Waals surface area contributed by atoms with Gasteiger partial charge in [-0.25, -0.2) is 5.84 Å². The van der Waals surface area contributed by atoms with Crippen LogP contribution in [0.25, 0.3) is 0 Å². The Labute approximate surface area is 130 Å². The van der Waals surface area contributed by atoms with Crippen molar-refractivity contribution in [2.75, 3.05) is 19.7 Å². The van der Waals surface area contributed by atoms with E-state index in [1.54, 1.807) is 4.90 Å². The lowest BCUT2D eigenvalue weighted by atomic mass is 9.97. The molecule has 1 fully saturated rings. The number of benzene rings is 1. The second-order valence-electron chi connectivity index (χ2n) is 5.75. The van der Waals surface area contributed by atoms with Gasteiger partial charge in [0.05, 0.1) is 5.92 Å². The monoisotopic (exact) mass is 305 g/mol. The molecule has 1 atom stereocenters. The first-order valence-electron chi connectivity index (χ1n) is 7.49. The number of rotatable bonds is 4. The fourth-order valence-electron chi connectivity index (χ4n) is 2.73. The van der Waals surface area contributed by atoms with Gasteiger partial charge in [0.15, 0.2) is 6.61 Å². The highest BCUT2D eigenvalue weighted by Gasteiger charge is 2.28. The number of hydrogen-bond donors (Lipinski definition) is 2. The van der Waals surface area contributed by atoms with Gasteiger partial charge >= 0.3 is 0 Å². The van der Waals surface area contributed by atoms with E-state index in [2.05, 4.69) is 5.43 Å². The normalized spacial score (nSPS) is 18.0. The third kappa shape index (κ3) is 3.98. The van der Waals surface area contributed by atoms with Crippen LogP contribution in [0.15, 0.2) is 18.2 Å². The molecule has 6 heteroatoms. The second-order valence-corrected chi connectivity index (χ2v) is 5.75. The van der Waals surface area contributed by atoms with E-state index in [-0.39, 0.29) is 24.3 Å². The van der Waals surface area contributed by atoms with Gasteiger partial charge in [-0.15, -0.1) is 0 Å². The van der Waals surface area contributed by atoms with E-state index in [0.717, 1.165) is 24.0 Å². The zero-order valence-electron chi connectivity index (χ0n) is 13.1. The van der Waals surface area contributed by atoms with Gasteiger partial charge in [0, 0.05) is 13.1 Å². The summed E-state index contributed by atoms with van der Waals surface area (Å²) in [5.74, 6) is 5.33. The number of amides is 2. The number of carbonyl (C=O) groups is 2. The van der Waals surface area contributed by atoms with Gasteiger partial charge in [0.2, 0.25) is 5.91 Å². The number of carbonyl (C=O) groups excluding carboxylic acids is 2. The van der Waals surface area contributed by atoms with Crippen LogP contribution in [0.5, 0.6) is 5.75 Å². The number of nitrogens with two attached hydrogens (primary N) is 1. The SMILES string of the molecule is Cc1ccc(OCC(=O)N2CCCC(C(=O)NN)C2)c(C)c1. The Morgan fingerprint density at radius 3 is 2.86 bits per heavy atom. The molecular weight excluding hydrogens is 282 g/mol. The molecule has 0 spiro atoms. The Morgan fingerprint density at radius 2 is 2.18 bits per heavy atom. The molecule has 2 rings (SSSR count). The van der Waals surface area contributed by atoms with E-state index < -0.39 is 0 Å². The van der Waals surface area contributed by atoms with Crippen LogP contribution in [0.4, 0.5) is 0 Å². The summed E-state index contributed by atoms with van der Waals surface area (Å²) in [5.41, 5.74) is 4.32. The van der Waals surface area contributed by atoms with Gasteiger partial charge in [-0.1, -0.05) is 17.7 Å². The average Bonchev–Trinajstić information content (AvgIpc) is 2.53. The predicted molar refractivity (Wildman–Crippen MR) is 83.0 cm³/mol. The van der Waals surface area contributed by atoms with Crippen LogP contribution >= 0.6 is 0 Å². The van der Waals surface area contributed by atoms with Crippen LogP contribution in [0.2, 0.25) is 0 Å². The lowest BCUT2D eigenvalue weighted by Crippen LogP contribution is -2.48. The Morgan fingerprint density at radius 1 is 1.41 bits per heavy atom. The number of nitrogens with zero attached hydrogens (tertiary/aromatic N) is 1. The zero-order valence-corrected chi connectivity index (χ0v) is 13.1. The van der Waals surface area contributed by atoms with Crippen molar-refractivity contribution in [2.45, 2.75) is 26.7 Å². The van der Waals surface area contributed by atoms with Gasteiger partial charge in [-0.05, 0) is 38.3 Å². The highest BCUT2D eigenvalue weighted by molar-refractivity contribution is 5.81. The smallest absolute Gasteiger partial charge is 0.260 e. The number of hydrogen-bond acceptors (Lipinski definition) is 4. The first-order chi connectivity index (χ1) is 10.5. The van der Waals surface area contributed by atoms with E-state index in [9.17, 15) is 9.59 Å². The van der Waals surface area contributed by atoms with E-state index >= 15 is 0 Å². The summed E-state index contributed by atoms with van der Waals surface area (Å²) in [6.07, 6.45) is 1.55. The van der Waals surface area contributed by atoms with Crippen LogP contribution < -0.4 is 16.0 Å². The fourth-order valence-corrected chi connectivity index (χ4v) is 2.73. The highest BCUT2D eigenvalue weighted by Crippen LogP contribution is 2.20. The summed E-state index contributed by atoms with van der Waals surface area (Å²) in [4.78, 5) is 25.5. The molecule has 0 radical (unpaired) electrons. The molecule has 1 heterocycles. The zero-order chi connectivity index (χ0) is 16.1. The Hall–Kier alpha value is -2.08. The lowest BCUT2D eigenvalue weighted by molar-refractivity contribution is -0.137. The molecule has 0 saturated carbocycles. The number of piperidine rings is 1. The average molecular weight is 305 g/mol. The topological polar surface area (TPSA) is 84.7 Å². The van der Waals surface area contributed by atoms with Crippen molar-refractivity contribution in [3.63, 3.8) is 0 Å². The van der Waals surface area contributed by atoms with Crippen molar-refractivity contribution in [3.8, 4) is 5.75 Å². The molecule has 1 aliphatic rings. The lowest BCUT2D eigenvalue weighted by Gasteiger charge is -2.31. The molecule has 0 bridgehead atoms. The second kappa shape index (κ2) is 7.26. The molecule has 1 aromatic rings. The standard InChI is InChI=1S/C16H23N3O3/c1-11-5-6-14(12(2)8-11)22-10-15(20)19-7-3-4-13(9-19)16(21)18-17/h5-6,8,13H,3-4,7,9-10,17H2,1-2H3,(H,18,21). The molecule has 1 saturated heterocycles. The maximum absolute atomic E-state index is 12.2. The quantitative estimate of drug-likeness (QED) is 0.492. The van der Waals surface area contributed by atoms with Gasteiger partial charge in [-0.3, -0.25) is 15.0 Å². The Kier molecular flexibility index (Phi) is 5.38. The predicted octanol–water partition coefficient (Wildman–Crippen LogP) is 0.911. The molecule has 120 valence electrons. The molecule has 0 aliphatic carbocycles. The van der Waals surface area contributed by atoms with Crippen molar-refractivity contribution in [3.05, 3.63) is 29.3 Å². The minimum atomic E-state index is -0.233. The summed E-state index contributed by atoms with van der Waals surface area (Å²) >= 11 is 0. The van der Waals surface area contributed by atoms with Crippen molar-refractivity contribution >= 4 is 11.8 Å². The highest BCUT2D eigenvalue weighted by atomic mass is 16.5. The number of ether oxygens (including phenoxy) is 1.